The van der Waals surface area contributed by atoms with Gasteiger partial charge in [0.05, 0.1) is 5.92 Å². The van der Waals surface area contributed by atoms with Crippen molar-refractivity contribution < 1.29 is 14.7 Å². The van der Waals surface area contributed by atoms with Gasteiger partial charge in [-0.25, -0.2) is 4.68 Å². The van der Waals surface area contributed by atoms with E-state index < -0.39 is 5.97 Å². The van der Waals surface area contributed by atoms with Gasteiger partial charge < -0.3 is 10.4 Å². The number of carbonyl (C=O) groups is 2. The lowest BCUT2D eigenvalue weighted by molar-refractivity contribution is -0.143. The van der Waals surface area contributed by atoms with Crippen LogP contribution in [0.3, 0.4) is 0 Å². The summed E-state index contributed by atoms with van der Waals surface area (Å²) in [4.78, 5) is 22.4. The molecule has 19 heavy (non-hydrogen) atoms. The van der Waals surface area contributed by atoms with Gasteiger partial charge in [-0.3, -0.25) is 9.59 Å². The predicted octanol–water partition coefficient (Wildman–Crippen LogP) is -0.320. The van der Waals surface area contributed by atoms with E-state index in [4.69, 9.17) is 5.11 Å². The molecule has 0 unspecified atom stereocenters. The third-order valence-corrected chi connectivity index (χ3v) is 3.48. The Balaban J connectivity index is 1.66. The molecule has 1 saturated carbocycles. The number of rotatable bonds is 5. The van der Waals surface area contributed by atoms with Crippen molar-refractivity contribution in [3.8, 4) is 0 Å². The van der Waals surface area contributed by atoms with Crippen LogP contribution in [0.4, 0.5) is 0 Å². The minimum Gasteiger partial charge on any atom is -0.481 e. The molecule has 1 amide bonds. The summed E-state index contributed by atoms with van der Waals surface area (Å²) in [6.45, 7) is 0.699. The first kappa shape index (κ1) is 13.4. The highest BCUT2D eigenvalue weighted by Crippen LogP contribution is 2.28. The molecule has 1 aromatic rings. The van der Waals surface area contributed by atoms with Crippen LogP contribution >= 0.6 is 0 Å². The summed E-state index contributed by atoms with van der Waals surface area (Å²) in [5.41, 5.74) is 0. The van der Waals surface area contributed by atoms with Gasteiger partial charge in [-0.2, -0.15) is 0 Å². The Bertz CT molecular complexity index is 426. The van der Waals surface area contributed by atoms with Crippen molar-refractivity contribution in [2.75, 3.05) is 6.54 Å². The van der Waals surface area contributed by atoms with Crippen molar-refractivity contribution in [3.05, 3.63) is 6.33 Å². The molecule has 1 aliphatic rings. The summed E-state index contributed by atoms with van der Waals surface area (Å²) in [5.74, 6) is -0.685. The molecule has 0 bridgehead atoms. The third kappa shape index (κ3) is 4.01. The van der Waals surface area contributed by atoms with Crippen molar-refractivity contribution in [2.24, 2.45) is 11.8 Å². The standard InChI is InChI=1S/C11H17N5O3/c17-10(6-16-7-13-14-15-16)12-5-8-1-3-9(4-2-8)11(18)19/h7-9H,1-6H2,(H,12,17)(H,18,19). The molecule has 1 aromatic heterocycles. The van der Waals surface area contributed by atoms with E-state index in [0.29, 0.717) is 25.3 Å². The average molecular weight is 267 g/mol. The highest BCUT2D eigenvalue weighted by molar-refractivity contribution is 5.75. The van der Waals surface area contributed by atoms with Crippen LogP contribution in [0.5, 0.6) is 0 Å². The van der Waals surface area contributed by atoms with Gasteiger partial charge in [-0.1, -0.05) is 0 Å². The van der Waals surface area contributed by atoms with E-state index in [1.807, 2.05) is 0 Å². The van der Waals surface area contributed by atoms with Crippen LogP contribution in [0.2, 0.25) is 0 Å². The fourth-order valence-corrected chi connectivity index (χ4v) is 2.33. The maximum Gasteiger partial charge on any atom is 0.306 e. The van der Waals surface area contributed by atoms with Gasteiger partial charge in [-0.15, -0.1) is 5.10 Å². The minimum absolute atomic E-state index is 0.109. The van der Waals surface area contributed by atoms with Gasteiger partial charge >= 0.3 is 5.97 Å². The number of hydrogen-bond acceptors (Lipinski definition) is 5. The number of aliphatic carboxylic acids is 1. The van der Waals surface area contributed by atoms with Gasteiger partial charge in [0, 0.05) is 6.54 Å². The van der Waals surface area contributed by atoms with Crippen LogP contribution in [-0.2, 0) is 16.1 Å². The normalized spacial score (nSPS) is 22.9. The molecule has 0 atom stereocenters. The zero-order chi connectivity index (χ0) is 13.7. The van der Waals surface area contributed by atoms with E-state index in [-0.39, 0.29) is 18.4 Å². The molecule has 8 nitrogen and oxygen atoms in total. The van der Waals surface area contributed by atoms with Gasteiger partial charge in [0.15, 0.2) is 0 Å². The van der Waals surface area contributed by atoms with E-state index >= 15 is 0 Å². The lowest BCUT2D eigenvalue weighted by Gasteiger charge is -2.26. The summed E-state index contributed by atoms with van der Waals surface area (Å²) in [6.07, 6.45) is 4.48. The monoisotopic (exact) mass is 267 g/mol. The molecule has 0 radical (unpaired) electrons. The fourth-order valence-electron chi connectivity index (χ4n) is 2.33. The largest absolute Gasteiger partial charge is 0.481 e. The number of tetrazole rings is 1. The summed E-state index contributed by atoms with van der Waals surface area (Å²) >= 11 is 0. The second-order valence-corrected chi connectivity index (χ2v) is 4.87. The first-order valence-electron chi connectivity index (χ1n) is 6.35. The molecule has 1 aliphatic carbocycles. The molecule has 2 N–H and O–H groups in total. The van der Waals surface area contributed by atoms with E-state index in [1.54, 1.807) is 0 Å². The first-order chi connectivity index (χ1) is 9.15. The van der Waals surface area contributed by atoms with Crippen molar-refractivity contribution in [3.63, 3.8) is 0 Å². The molecule has 0 aliphatic heterocycles. The minimum atomic E-state index is -0.707. The number of carboxylic acids is 1. The number of carboxylic acid groups (broad SMARTS) is 1. The molecule has 8 heteroatoms. The lowest BCUT2D eigenvalue weighted by Crippen LogP contribution is -2.34. The number of nitrogens with zero attached hydrogens (tertiary/aromatic N) is 4. The molecule has 0 spiro atoms. The third-order valence-electron chi connectivity index (χ3n) is 3.48. The highest BCUT2D eigenvalue weighted by Gasteiger charge is 2.25. The Kier molecular flexibility index (Phi) is 4.43. The van der Waals surface area contributed by atoms with Gasteiger partial charge in [-0.05, 0) is 42.0 Å². The topological polar surface area (TPSA) is 110 Å². The zero-order valence-electron chi connectivity index (χ0n) is 10.5. The Labute approximate surface area is 110 Å². The Morgan fingerprint density at radius 1 is 1.32 bits per heavy atom. The number of carbonyl (C=O) groups excluding carboxylic acids is 1. The molecular weight excluding hydrogens is 250 g/mol. The second-order valence-electron chi connectivity index (χ2n) is 4.87. The van der Waals surface area contributed by atoms with E-state index in [0.717, 1.165) is 12.8 Å². The Hall–Kier alpha value is -1.99. The SMILES string of the molecule is O=C(Cn1cnnn1)NCC1CCC(C(=O)O)CC1. The molecule has 1 heterocycles. The van der Waals surface area contributed by atoms with E-state index in [2.05, 4.69) is 20.8 Å². The van der Waals surface area contributed by atoms with Gasteiger partial charge in [0.2, 0.25) is 5.91 Å². The number of nitrogens with one attached hydrogen (secondary N) is 1. The summed E-state index contributed by atoms with van der Waals surface area (Å²) in [5, 5.41) is 22.2. The van der Waals surface area contributed by atoms with Crippen molar-refractivity contribution >= 4 is 11.9 Å². The molecule has 0 saturated heterocycles. The van der Waals surface area contributed by atoms with Crippen LogP contribution in [0.1, 0.15) is 25.7 Å². The number of aromatic nitrogens is 4. The van der Waals surface area contributed by atoms with Crippen molar-refractivity contribution in [1.82, 2.24) is 25.5 Å². The Morgan fingerprint density at radius 2 is 2.05 bits per heavy atom. The van der Waals surface area contributed by atoms with Crippen LogP contribution in [0, 0.1) is 11.8 Å². The first-order valence-corrected chi connectivity index (χ1v) is 6.35. The van der Waals surface area contributed by atoms with E-state index in [9.17, 15) is 9.59 Å². The zero-order valence-corrected chi connectivity index (χ0v) is 10.5. The van der Waals surface area contributed by atoms with Crippen LogP contribution in [-0.4, -0.2) is 43.7 Å². The maximum atomic E-state index is 11.6. The van der Waals surface area contributed by atoms with Crippen molar-refractivity contribution in [1.29, 1.82) is 0 Å². The highest BCUT2D eigenvalue weighted by atomic mass is 16.4. The average Bonchev–Trinajstić information content (AvgIpc) is 2.89. The van der Waals surface area contributed by atoms with Crippen LogP contribution in [0.15, 0.2) is 6.33 Å². The van der Waals surface area contributed by atoms with Crippen molar-refractivity contribution in [2.45, 2.75) is 32.2 Å². The fraction of sp³-hybridized carbons (Fsp3) is 0.727. The number of hydrogen-bond donors (Lipinski definition) is 2. The summed E-state index contributed by atoms with van der Waals surface area (Å²) in [6, 6.07) is 0. The number of amides is 1. The molecular formula is C11H17N5O3. The lowest BCUT2D eigenvalue weighted by atomic mass is 9.82. The summed E-state index contributed by atoms with van der Waals surface area (Å²) in [7, 11) is 0. The smallest absolute Gasteiger partial charge is 0.306 e. The molecule has 0 aromatic carbocycles. The van der Waals surface area contributed by atoms with Crippen LogP contribution < -0.4 is 5.32 Å². The van der Waals surface area contributed by atoms with Crippen LogP contribution in [0.25, 0.3) is 0 Å². The van der Waals surface area contributed by atoms with Gasteiger partial charge in [0.1, 0.15) is 12.9 Å². The molecule has 2 rings (SSSR count). The van der Waals surface area contributed by atoms with Gasteiger partial charge in [0.25, 0.3) is 0 Å². The quantitative estimate of drug-likeness (QED) is 0.756. The molecule has 104 valence electrons. The molecule has 1 fully saturated rings. The summed E-state index contributed by atoms with van der Waals surface area (Å²) < 4.78 is 1.36. The van der Waals surface area contributed by atoms with E-state index in [1.165, 1.54) is 11.0 Å². The maximum absolute atomic E-state index is 11.6. The second kappa shape index (κ2) is 6.26. The predicted molar refractivity (Wildman–Crippen MR) is 63.9 cm³/mol. The Morgan fingerprint density at radius 3 is 2.63 bits per heavy atom.